The zero-order chi connectivity index (χ0) is 20.9. The minimum absolute atomic E-state index is 0.00870. The molecule has 1 N–H and O–H groups in total. The number of rotatable bonds is 7. The number of thiophene rings is 1. The van der Waals surface area contributed by atoms with Crippen LogP contribution >= 0.6 is 11.3 Å². The molecule has 1 aliphatic rings. The molecular formula is C24H26N2O3S. The smallest absolute Gasteiger partial charge is 0.261 e. The van der Waals surface area contributed by atoms with Gasteiger partial charge >= 0.3 is 0 Å². The SMILES string of the molecule is COc1ccc([C@H]2CN(Cc3ccccc3)C[C@@H]2NC(=O)c2cccs2)c(OC)c1. The second-order valence-electron chi connectivity index (χ2n) is 7.45. The lowest BCUT2D eigenvalue weighted by Crippen LogP contribution is -2.39. The van der Waals surface area contributed by atoms with Gasteiger partial charge in [0.1, 0.15) is 11.5 Å². The van der Waals surface area contributed by atoms with Crippen molar-refractivity contribution < 1.29 is 14.3 Å². The number of carbonyl (C=O) groups excluding carboxylic acids is 1. The molecule has 0 spiro atoms. The highest BCUT2D eigenvalue weighted by Gasteiger charge is 2.36. The lowest BCUT2D eigenvalue weighted by Gasteiger charge is -2.22. The third-order valence-corrected chi connectivity index (χ3v) is 6.41. The number of benzene rings is 2. The Morgan fingerprint density at radius 3 is 2.60 bits per heavy atom. The summed E-state index contributed by atoms with van der Waals surface area (Å²) in [4.78, 5) is 15.9. The molecule has 156 valence electrons. The summed E-state index contributed by atoms with van der Waals surface area (Å²) in [5.74, 6) is 1.65. The van der Waals surface area contributed by atoms with E-state index in [1.165, 1.54) is 16.9 Å². The fourth-order valence-electron chi connectivity index (χ4n) is 4.09. The Morgan fingerprint density at radius 2 is 1.90 bits per heavy atom. The van der Waals surface area contributed by atoms with Crippen LogP contribution in [0.4, 0.5) is 0 Å². The number of amides is 1. The van der Waals surface area contributed by atoms with Crippen LogP contribution in [0.5, 0.6) is 11.5 Å². The molecule has 1 saturated heterocycles. The first kappa shape index (κ1) is 20.4. The Morgan fingerprint density at radius 1 is 1.07 bits per heavy atom. The van der Waals surface area contributed by atoms with Crippen molar-refractivity contribution in [3.05, 3.63) is 82.0 Å². The van der Waals surface area contributed by atoms with E-state index >= 15 is 0 Å². The van der Waals surface area contributed by atoms with E-state index in [2.05, 4.69) is 40.5 Å². The largest absolute Gasteiger partial charge is 0.497 e. The van der Waals surface area contributed by atoms with Gasteiger partial charge in [0.2, 0.25) is 0 Å². The zero-order valence-corrected chi connectivity index (χ0v) is 18.0. The highest BCUT2D eigenvalue weighted by molar-refractivity contribution is 7.12. The number of likely N-dealkylation sites (tertiary alicyclic amines) is 1. The minimum atomic E-state index is -0.0194. The Labute approximate surface area is 181 Å². The quantitative estimate of drug-likeness (QED) is 0.621. The van der Waals surface area contributed by atoms with E-state index in [1.807, 2.05) is 35.7 Å². The number of carbonyl (C=O) groups is 1. The summed E-state index contributed by atoms with van der Waals surface area (Å²) in [6.07, 6.45) is 0. The summed E-state index contributed by atoms with van der Waals surface area (Å²) in [7, 11) is 3.32. The molecule has 0 radical (unpaired) electrons. The Bertz CT molecular complexity index is 975. The van der Waals surface area contributed by atoms with E-state index < -0.39 is 0 Å². The molecule has 30 heavy (non-hydrogen) atoms. The first-order valence-electron chi connectivity index (χ1n) is 10.0. The number of methoxy groups -OCH3 is 2. The van der Waals surface area contributed by atoms with Crippen molar-refractivity contribution in [3.8, 4) is 11.5 Å². The summed E-state index contributed by atoms with van der Waals surface area (Å²) < 4.78 is 11.0. The van der Waals surface area contributed by atoms with Crippen LogP contribution < -0.4 is 14.8 Å². The normalized spacial score (nSPS) is 18.9. The van der Waals surface area contributed by atoms with Crippen molar-refractivity contribution in [1.29, 1.82) is 0 Å². The molecule has 2 heterocycles. The highest BCUT2D eigenvalue weighted by Crippen LogP contribution is 2.36. The van der Waals surface area contributed by atoms with Crippen LogP contribution in [0.15, 0.2) is 66.0 Å². The summed E-state index contributed by atoms with van der Waals surface area (Å²) in [6.45, 7) is 2.47. The van der Waals surface area contributed by atoms with Crippen molar-refractivity contribution in [2.45, 2.75) is 18.5 Å². The van der Waals surface area contributed by atoms with Crippen molar-refractivity contribution in [2.75, 3.05) is 27.3 Å². The van der Waals surface area contributed by atoms with Gasteiger partial charge in [0.25, 0.3) is 5.91 Å². The number of hydrogen-bond donors (Lipinski definition) is 1. The monoisotopic (exact) mass is 422 g/mol. The molecule has 3 aromatic rings. The van der Waals surface area contributed by atoms with Crippen molar-refractivity contribution >= 4 is 17.2 Å². The zero-order valence-electron chi connectivity index (χ0n) is 17.2. The van der Waals surface area contributed by atoms with Gasteiger partial charge in [0.15, 0.2) is 0 Å². The second kappa shape index (κ2) is 9.32. The predicted molar refractivity (Wildman–Crippen MR) is 120 cm³/mol. The summed E-state index contributed by atoms with van der Waals surface area (Å²) in [5.41, 5.74) is 2.36. The maximum atomic E-state index is 12.8. The van der Waals surface area contributed by atoms with Crippen molar-refractivity contribution in [1.82, 2.24) is 10.2 Å². The van der Waals surface area contributed by atoms with Crippen LogP contribution in [0.3, 0.4) is 0 Å². The molecule has 1 amide bonds. The summed E-state index contributed by atoms with van der Waals surface area (Å²) in [6, 6.07) is 20.1. The molecule has 1 aliphatic heterocycles. The van der Waals surface area contributed by atoms with Crippen LogP contribution in [0.2, 0.25) is 0 Å². The van der Waals surface area contributed by atoms with Crippen LogP contribution in [-0.4, -0.2) is 44.2 Å². The molecule has 1 fully saturated rings. The predicted octanol–water partition coefficient (Wildman–Crippen LogP) is 4.16. The van der Waals surface area contributed by atoms with E-state index in [9.17, 15) is 4.79 Å². The third kappa shape index (κ3) is 4.50. The maximum Gasteiger partial charge on any atom is 0.261 e. The maximum absolute atomic E-state index is 12.8. The van der Waals surface area contributed by atoms with Gasteiger partial charge in [-0.1, -0.05) is 42.5 Å². The van der Waals surface area contributed by atoms with Gasteiger partial charge in [-0.25, -0.2) is 0 Å². The van der Waals surface area contributed by atoms with Gasteiger partial charge < -0.3 is 14.8 Å². The summed E-state index contributed by atoms with van der Waals surface area (Å²) >= 11 is 1.46. The molecule has 4 rings (SSSR count). The van der Waals surface area contributed by atoms with E-state index in [4.69, 9.17) is 9.47 Å². The fraction of sp³-hybridized carbons (Fsp3) is 0.292. The molecule has 5 nitrogen and oxygen atoms in total. The number of hydrogen-bond acceptors (Lipinski definition) is 5. The lowest BCUT2D eigenvalue weighted by molar-refractivity contribution is 0.0939. The molecule has 2 atom stereocenters. The molecule has 0 aliphatic carbocycles. The van der Waals surface area contributed by atoms with Crippen LogP contribution in [0, 0.1) is 0 Å². The topological polar surface area (TPSA) is 50.8 Å². The summed E-state index contributed by atoms with van der Waals surface area (Å²) in [5, 5.41) is 5.19. The van der Waals surface area contributed by atoms with Crippen molar-refractivity contribution in [3.63, 3.8) is 0 Å². The lowest BCUT2D eigenvalue weighted by atomic mass is 9.93. The molecule has 2 aromatic carbocycles. The molecular weight excluding hydrogens is 396 g/mol. The van der Waals surface area contributed by atoms with Crippen LogP contribution in [0.1, 0.15) is 26.7 Å². The molecule has 0 saturated carbocycles. The molecule has 0 bridgehead atoms. The number of nitrogens with zero attached hydrogens (tertiary/aromatic N) is 1. The Hall–Kier alpha value is -2.83. The molecule has 1 aromatic heterocycles. The van der Waals surface area contributed by atoms with Gasteiger partial charge in [-0.05, 0) is 23.1 Å². The average molecular weight is 423 g/mol. The number of nitrogens with one attached hydrogen (secondary N) is 1. The minimum Gasteiger partial charge on any atom is -0.497 e. The van der Waals surface area contributed by atoms with Crippen LogP contribution in [-0.2, 0) is 6.54 Å². The van der Waals surface area contributed by atoms with Gasteiger partial charge in [-0.2, -0.15) is 0 Å². The van der Waals surface area contributed by atoms with Crippen LogP contribution in [0.25, 0.3) is 0 Å². The number of ether oxygens (including phenoxy) is 2. The first-order valence-corrected chi connectivity index (χ1v) is 10.9. The van der Waals surface area contributed by atoms with E-state index in [1.54, 1.807) is 14.2 Å². The van der Waals surface area contributed by atoms with Gasteiger partial charge in [-0.3, -0.25) is 9.69 Å². The molecule has 0 unspecified atom stereocenters. The standard InChI is InChI=1S/C24H26N2O3S/c1-28-18-10-11-19(22(13-18)29-2)20-15-26(14-17-7-4-3-5-8-17)16-21(20)25-24(27)23-9-6-12-30-23/h3-13,20-21H,14-16H2,1-2H3,(H,25,27)/t20-,21+/m1/s1. The van der Waals surface area contributed by atoms with Gasteiger partial charge in [0.05, 0.1) is 25.1 Å². The second-order valence-corrected chi connectivity index (χ2v) is 8.40. The molecule has 6 heteroatoms. The van der Waals surface area contributed by atoms with Gasteiger partial charge in [0, 0.05) is 37.2 Å². The van der Waals surface area contributed by atoms with E-state index in [-0.39, 0.29) is 17.9 Å². The van der Waals surface area contributed by atoms with E-state index in [0.717, 1.165) is 41.6 Å². The van der Waals surface area contributed by atoms with Crippen molar-refractivity contribution in [2.24, 2.45) is 0 Å². The fourth-order valence-corrected chi connectivity index (χ4v) is 4.72. The Balaban J connectivity index is 1.60. The average Bonchev–Trinajstić information content (AvgIpc) is 3.44. The van der Waals surface area contributed by atoms with E-state index in [0.29, 0.717) is 0 Å². The third-order valence-electron chi connectivity index (χ3n) is 5.55. The Kier molecular flexibility index (Phi) is 6.35. The van der Waals surface area contributed by atoms with Gasteiger partial charge in [-0.15, -0.1) is 11.3 Å². The first-order chi connectivity index (χ1) is 14.7. The highest BCUT2D eigenvalue weighted by atomic mass is 32.1.